The number of carbonyl (C=O) groups excluding carboxylic acids is 3. The molecule has 0 aromatic heterocycles. The second kappa shape index (κ2) is 8.51. The molecule has 8 nitrogen and oxygen atoms in total. The summed E-state index contributed by atoms with van der Waals surface area (Å²) in [6, 6.07) is 15.8. The third-order valence-corrected chi connectivity index (χ3v) is 6.20. The van der Waals surface area contributed by atoms with E-state index >= 15 is 0 Å². The van der Waals surface area contributed by atoms with Crippen LogP contribution in [0.25, 0.3) is 16.8 Å². The number of thioether (sulfide) groups is 1. The molecule has 3 aromatic carbocycles. The molecule has 0 radical (unpaired) electrons. The summed E-state index contributed by atoms with van der Waals surface area (Å²) in [5, 5.41) is 14.1. The van der Waals surface area contributed by atoms with Gasteiger partial charge in [0.2, 0.25) is 6.79 Å². The number of hydrogen-bond donors (Lipinski definition) is 2. The SMILES string of the molecule is O=C(NCCN1C(=O)S/C(=C\c2ccc3c(c2)OCO3)C1=O)c1cc2ccccc2cc1O. The molecule has 0 bridgehead atoms. The van der Waals surface area contributed by atoms with Crippen LogP contribution in [0.5, 0.6) is 17.2 Å². The number of phenolic OH excluding ortho intramolecular Hbond substituents is 1. The average molecular weight is 462 g/mol. The number of nitrogens with zero attached hydrogens (tertiary/aromatic N) is 1. The normalized spacial score (nSPS) is 16.1. The van der Waals surface area contributed by atoms with Crippen LogP contribution < -0.4 is 14.8 Å². The number of rotatable bonds is 5. The van der Waals surface area contributed by atoms with Gasteiger partial charge in [-0.3, -0.25) is 19.3 Å². The number of amides is 3. The maximum Gasteiger partial charge on any atom is 0.293 e. The molecule has 0 saturated carbocycles. The molecule has 1 saturated heterocycles. The summed E-state index contributed by atoms with van der Waals surface area (Å²) in [6.07, 6.45) is 1.62. The van der Waals surface area contributed by atoms with Crippen molar-refractivity contribution < 1.29 is 29.0 Å². The lowest BCUT2D eigenvalue weighted by molar-refractivity contribution is -0.122. The molecular weight excluding hydrogens is 444 g/mol. The number of aromatic hydroxyl groups is 1. The minimum absolute atomic E-state index is 0.0171. The first-order chi connectivity index (χ1) is 16.0. The molecule has 2 aliphatic rings. The first-order valence-electron chi connectivity index (χ1n) is 10.1. The Kier molecular flexibility index (Phi) is 5.39. The molecule has 2 N–H and O–H groups in total. The van der Waals surface area contributed by atoms with E-state index in [0.717, 1.165) is 27.4 Å². The number of ether oxygens (including phenoxy) is 2. The van der Waals surface area contributed by atoms with Gasteiger partial charge in [0.1, 0.15) is 5.75 Å². The van der Waals surface area contributed by atoms with Crippen molar-refractivity contribution in [3.8, 4) is 17.2 Å². The smallest absolute Gasteiger partial charge is 0.293 e. The zero-order chi connectivity index (χ0) is 22.9. The quantitative estimate of drug-likeness (QED) is 0.557. The highest BCUT2D eigenvalue weighted by atomic mass is 32.2. The summed E-state index contributed by atoms with van der Waals surface area (Å²) in [4.78, 5) is 39.0. The lowest BCUT2D eigenvalue weighted by Gasteiger charge is -2.13. The molecule has 0 unspecified atom stereocenters. The summed E-state index contributed by atoms with van der Waals surface area (Å²) in [5.74, 6) is 0.173. The predicted octanol–water partition coefficient (Wildman–Crippen LogP) is 3.74. The van der Waals surface area contributed by atoms with Crippen LogP contribution >= 0.6 is 11.8 Å². The van der Waals surface area contributed by atoms with Gasteiger partial charge in [-0.2, -0.15) is 0 Å². The second-order valence-corrected chi connectivity index (χ2v) is 8.41. The van der Waals surface area contributed by atoms with E-state index in [1.165, 1.54) is 6.07 Å². The van der Waals surface area contributed by atoms with Crippen molar-refractivity contribution in [1.29, 1.82) is 0 Å². The maximum atomic E-state index is 12.7. The van der Waals surface area contributed by atoms with E-state index in [1.807, 2.05) is 24.3 Å². The molecule has 33 heavy (non-hydrogen) atoms. The van der Waals surface area contributed by atoms with Crippen LogP contribution in [0.3, 0.4) is 0 Å². The zero-order valence-corrected chi connectivity index (χ0v) is 18.1. The highest BCUT2D eigenvalue weighted by Crippen LogP contribution is 2.36. The molecule has 2 aliphatic heterocycles. The maximum absolute atomic E-state index is 12.7. The molecule has 166 valence electrons. The number of imide groups is 1. The van der Waals surface area contributed by atoms with Crippen LogP contribution in [0.4, 0.5) is 4.79 Å². The van der Waals surface area contributed by atoms with Crippen molar-refractivity contribution in [1.82, 2.24) is 10.2 Å². The van der Waals surface area contributed by atoms with Gasteiger partial charge in [-0.05, 0) is 58.4 Å². The molecular formula is C24H18N2O6S. The van der Waals surface area contributed by atoms with Gasteiger partial charge in [-0.15, -0.1) is 0 Å². The van der Waals surface area contributed by atoms with Gasteiger partial charge in [0.15, 0.2) is 11.5 Å². The van der Waals surface area contributed by atoms with Crippen LogP contribution in [0.2, 0.25) is 0 Å². The van der Waals surface area contributed by atoms with Gasteiger partial charge in [0, 0.05) is 13.1 Å². The van der Waals surface area contributed by atoms with Gasteiger partial charge in [0.25, 0.3) is 17.1 Å². The van der Waals surface area contributed by atoms with Gasteiger partial charge in [-0.25, -0.2) is 0 Å². The standard InChI is InChI=1S/C24H18N2O6S/c27-18-12-16-4-2-1-3-15(16)11-17(18)22(28)25-7-8-26-23(29)21(33-24(26)30)10-14-5-6-19-20(9-14)32-13-31-19/h1-6,9-12,27H,7-8,13H2,(H,25,28)/b21-10-. The minimum Gasteiger partial charge on any atom is -0.507 e. The summed E-state index contributed by atoms with van der Waals surface area (Å²) < 4.78 is 10.6. The molecule has 1 fully saturated rings. The van der Waals surface area contributed by atoms with E-state index < -0.39 is 17.1 Å². The molecule has 5 rings (SSSR count). The Morgan fingerprint density at radius 1 is 1.06 bits per heavy atom. The molecule has 2 heterocycles. The summed E-state index contributed by atoms with van der Waals surface area (Å²) >= 11 is 0.843. The van der Waals surface area contributed by atoms with Gasteiger partial charge in [-0.1, -0.05) is 30.3 Å². The van der Waals surface area contributed by atoms with Crippen molar-refractivity contribution in [2.45, 2.75) is 0 Å². The number of fused-ring (bicyclic) bond motifs is 2. The molecule has 0 atom stereocenters. The van der Waals surface area contributed by atoms with E-state index in [-0.39, 0.29) is 36.1 Å². The zero-order valence-electron chi connectivity index (χ0n) is 17.2. The number of benzene rings is 3. The Hall–Kier alpha value is -3.98. The topological polar surface area (TPSA) is 105 Å². The van der Waals surface area contributed by atoms with Crippen LogP contribution in [-0.2, 0) is 4.79 Å². The fourth-order valence-corrected chi connectivity index (χ4v) is 4.50. The fraction of sp³-hybridized carbons (Fsp3) is 0.125. The van der Waals surface area contributed by atoms with Crippen LogP contribution in [0.1, 0.15) is 15.9 Å². The van der Waals surface area contributed by atoms with E-state index in [0.29, 0.717) is 17.1 Å². The van der Waals surface area contributed by atoms with Crippen molar-refractivity contribution >= 4 is 45.7 Å². The van der Waals surface area contributed by atoms with Crippen LogP contribution in [0, 0.1) is 0 Å². The van der Waals surface area contributed by atoms with Crippen LogP contribution in [-0.4, -0.2) is 46.9 Å². The third-order valence-electron chi connectivity index (χ3n) is 5.30. The Labute approximate surface area is 192 Å². The second-order valence-electron chi connectivity index (χ2n) is 7.42. The number of carbonyl (C=O) groups is 3. The monoisotopic (exact) mass is 462 g/mol. The largest absolute Gasteiger partial charge is 0.507 e. The molecule has 3 amide bonds. The van der Waals surface area contributed by atoms with Gasteiger partial charge >= 0.3 is 0 Å². The number of nitrogens with one attached hydrogen (secondary N) is 1. The van der Waals surface area contributed by atoms with E-state index in [2.05, 4.69) is 5.32 Å². The average Bonchev–Trinajstić information content (AvgIpc) is 3.37. The van der Waals surface area contributed by atoms with E-state index in [1.54, 1.807) is 30.3 Å². The molecule has 3 aromatic rings. The van der Waals surface area contributed by atoms with Crippen molar-refractivity contribution in [2.75, 3.05) is 19.9 Å². The summed E-state index contributed by atoms with van der Waals surface area (Å²) in [5.41, 5.74) is 0.843. The Bertz CT molecular complexity index is 1340. The number of hydrogen-bond acceptors (Lipinski definition) is 7. The van der Waals surface area contributed by atoms with Crippen molar-refractivity contribution in [3.63, 3.8) is 0 Å². The Balaban J connectivity index is 1.23. The third kappa shape index (κ3) is 4.10. The van der Waals surface area contributed by atoms with E-state index in [4.69, 9.17) is 9.47 Å². The number of phenols is 1. The fourth-order valence-electron chi connectivity index (χ4n) is 3.63. The Morgan fingerprint density at radius 3 is 2.64 bits per heavy atom. The van der Waals surface area contributed by atoms with Gasteiger partial charge < -0.3 is 19.9 Å². The lowest BCUT2D eigenvalue weighted by Crippen LogP contribution is -2.37. The lowest BCUT2D eigenvalue weighted by atomic mass is 10.1. The minimum atomic E-state index is -0.485. The highest BCUT2D eigenvalue weighted by Gasteiger charge is 2.34. The molecule has 0 aliphatic carbocycles. The highest BCUT2D eigenvalue weighted by molar-refractivity contribution is 8.18. The predicted molar refractivity (Wildman–Crippen MR) is 123 cm³/mol. The summed E-state index contributed by atoms with van der Waals surface area (Å²) in [6.45, 7) is 0.224. The van der Waals surface area contributed by atoms with Crippen molar-refractivity contribution in [2.24, 2.45) is 0 Å². The first-order valence-corrected chi connectivity index (χ1v) is 11.0. The van der Waals surface area contributed by atoms with E-state index in [9.17, 15) is 19.5 Å². The Morgan fingerprint density at radius 2 is 1.82 bits per heavy atom. The van der Waals surface area contributed by atoms with Crippen LogP contribution in [0.15, 0.2) is 59.5 Å². The van der Waals surface area contributed by atoms with Gasteiger partial charge in [0.05, 0.1) is 10.5 Å². The van der Waals surface area contributed by atoms with Crippen molar-refractivity contribution in [3.05, 3.63) is 70.6 Å². The summed E-state index contributed by atoms with van der Waals surface area (Å²) in [7, 11) is 0. The first kappa shape index (κ1) is 20.9. The molecule has 9 heteroatoms. The molecule has 0 spiro atoms.